The van der Waals surface area contributed by atoms with Crippen LogP contribution < -0.4 is 0 Å². The standard InChI is InChI=1S/C18H19N5O2/c24-18(15-3-4-19-20-9-15)23-5-6-25-12-14(11-23)7-13-1-2-17-16(8-13)10-21-22-17/h1-4,8-10,14H,5-7,11-12H2,(H,21,22)/t14-/m0/s1. The lowest BCUT2D eigenvalue weighted by molar-refractivity contribution is 0.0736. The first kappa shape index (κ1) is 15.7. The summed E-state index contributed by atoms with van der Waals surface area (Å²) in [6.45, 7) is 2.48. The Morgan fingerprint density at radius 1 is 1.28 bits per heavy atom. The fourth-order valence-electron chi connectivity index (χ4n) is 3.24. The third-order valence-electron chi connectivity index (χ3n) is 4.49. The van der Waals surface area contributed by atoms with E-state index in [4.69, 9.17) is 4.74 Å². The maximum Gasteiger partial charge on any atom is 0.255 e. The van der Waals surface area contributed by atoms with Crippen LogP contribution in [-0.2, 0) is 11.2 Å². The number of aromatic amines is 1. The summed E-state index contributed by atoms with van der Waals surface area (Å²) in [5.41, 5.74) is 2.82. The number of aromatic nitrogens is 4. The number of carbonyl (C=O) groups is 1. The molecule has 3 heterocycles. The van der Waals surface area contributed by atoms with Gasteiger partial charge in [0.05, 0.1) is 42.9 Å². The second-order valence-electron chi connectivity index (χ2n) is 6.32. The zero-order valence-corrected chi connectivity index (χ0v) is 13.8. The monoisotopic (exact) mass is 337 g/mol. The van der Waals surface area contributed by atoms with E-state index in [1.165, 1.54) is 11.8 Å². The van der Waals surface area contributed by atoms with Crippen LogP contribution >= 0.6 is 0 Å². The number of amides is 1. The Bertz CT molecular complexity index is 864. The molecule has 1 aliphatic heterocycles. The van der Waals surface area contributed by atoms with Gasteiger partial charge in [-0.3, -0.25) is 9.89 Å². The van der Waals surface area contributed by atoms with Crippen molar-refractivity contribution in [1.82, 2.24) is 25.3 Å². The molecule has 7 nitrogen and oxygen atoms in total. The number of carbonyl (C=O) groups excluding carboxylic acids is 1. The van der Waals surface area contributed by atoms with Gasteiger partial charge in [0.1, 0.15) is 0 Å². The van der Waals surface area contributed by atoms with Gasteiger partial charge in [-0.05, 0) is 30.2 Å². The quantitative estimate of drug-likeness (QED) is 0.786. The summed E-state index contributed by atoms with van der Waals surface area (Å²) in [5.74, 6) is 0.237. The van der Waals surface area contributed by atoms with E-state index in [2.05, 4.69) is 32.5 Å². The van der Waals surface area contributed by atoms with Crippen LogP contribution in [0.15, 0.2) is 42.9 Å². The maximum absolute atomic E-state index is 12.7. The topological polar surface area (TPSA) is 84.0 Å². The summed E-state index contributed by atoms with van der Waals surface area (Å²) in [7, 11) is 0. The van der Waals surface area contributed by atoms with E-state index >= 15 is 0 Å². The molecule has 7 heteroatoms. The Morgan fingerprint density at radius 2 is 2.24 bits per heavy atom. The molecule has 4 rings (SSSR count). The zero-order chi connectivity index (χ0) is 17.1. The highest BCUT2D eigenvalue weighted by Crippen LogP contribution is 2.19. The lowest BCUT2D eigenvalue weighted by Crippen LogP contribution is -2.36. The van der Waals surface area contributed by atoms with Crippen molar-refractivity contribution in [2.75, 3.05) is 26.3 Å². The molecule has 0 spiro atoms. The van der Waals surface area contributed by atoms with E-state index in [1.807, 2.05) is 17.2 Å². The smallest absolute Gasteiger partial charge is 0.255 e. The predicted octanol–water partition coefficient (Wildman–Crippen LogP) is 1.68. The van der Waals surface area contributed by atoms with Crippen molar-refractivity contribution in [3.8, 4) is 0 Å². The first-order valence-corrected chi connectivity index (χ1v) is 8.35. The first-order chi connectivity index (χ1) is 12.3. The summed E-state index contributed by atoms with van der Waals surface area (Å²) >= 11 is 0. The van der Waals surface area contributed by atoms with Crippen LogP contribution in [0, 0.1) is 5.92 Å². The lowest BCUT2D eigenvalue weighted by atomic mass is 9.98. The molecule has 3 aromatic rings. The second kappa shape index (κ2) is 6.98. The molecule has 0 radical (unpaired) electrons. The van der Waals surface area contributed by atoms with Gasteiger partial charge in [-0.25, -0.2) is 0 Å². The van der Waals surface area contributed by atoms with Crippen molar-refractivity contribution in [3.63, 3.8) is 0 Å². The molecule has 0 unspecified atom stereocenters. The largest absolute Gasteiger partial charge is 0.379 e. The Balaban J connectivity index is 1.48. The molecule has 1 saturated heterocycles. The molecule has 1 aromatic carbocycles. The summed E-state index contributed by atoms with van der Waals surface area (Å²) < 4.78 is 5.73. The van der Waals surface area contributed by atoms with Gasteiger partial charge in [0.15, 0.2) is 0 Å². The lowest BCUT2D eigenvalue weighted by Gasteiger charge is -2.23. The number of nitrogens with one attached hydrogen (secondary N) is 1. The average molecular weight is 337 g/mol. The third-order valence-corrected chi connectivity index (χ3v) is 4.49. The molecular weight excluding hydrogens is 318 g/mol. The number of rotatable bonds is 3. The molecular formula is C18H19N5O2. The molecule has 1 N–H and O–H groups in total. The minimum absolute atomic E-state index is 0.0179. The van der Waals surface area contributed by atoms with Gasteiger partial charge in [0, 0.05) is 24.4 Å². The number of fused-ring (bicyclic) bond motifs is 1. The van der Waals surface area contributed by atoms with E-state index in [0.717, 1.165) is 17.3 Å². The maximum atomic E-state index is 12.7. The molecule has 0 bridgehead atoms. The third kappa shape index (κ3) is 3.51. The second-order valence-corrected chi connectivity index (χ2v) is 6.32. The van der Waals surface area contributed by atoms with Crippen LogP contribution in [-0.4, -0.2) is 57.5 Å². The molecule has 1 fully saturated rings. The highest BCUT2D eigenvalue weighted by Gasteiger charge is 2.24. The molecule has 1 amide bonds. The average Bonchev–Trinajstić information content (AvgIpc) is 2.99. The molecule has 25 heavy (non-hydrogen) atoms. The van der Waals surface area contributed by atoms with Crippen LogP contribution in [0.2, 0.25) is 0 Å². The summed E-state index contributed by atoms with van der Waals surface area (Å²) in [6, 6.07) is 7.98. The molecule has 128 valence electrons. The highest BCUT2D eigenvalue weighted by atomic mass is 16.5. The zero-order valence-electron chi connectivity index (χ0n) is 13.8. The Kier molecular flexibility index (Phi) is 4.39. The van der Waals surface area contributed by atoms with E-state index < -0.39 is 0 Å². The van der Waals surface area contributed by atoms with Gasteiger partial charge < -0.3 is 9.64 Å². The van der Waals surface area contributed by atoms with Gasteiger partial charge in [0.25, 0.3) is 5.91 Å². The van der Waals surface area contributed by atoms with Gasteiger partial charge in [-0.1, -0.05) is 6.07 Å². The Hall–Kier alpha value is -2.80. The van der Waals surface area contributed by atoms with Crippen LogP contribution in [0.4, 0.5) is 0 Å². The predicted molar refractivity (Wildman–Crippen MR) is 92.0 cm³/mol. The minimum Gasteiger partial charge on any atom is -0.379 e. The summed E-state index contributed by atoms with van der Waals surface area (Å²) in [6.07, 6.45) is 5.74. The van der Waals surface area contributed by atoms with Gasteiger partial charge >= 0.3 is 0 Å². The number of hydrogen-bond donors (Lipinski definition) is 1. The Labute approximate surface area is 145 Å². The van der Waals surface area contributed by atoms with Crippen LogP contribution in [0.5, 0.6) is 0 Å². The van der Waals surface area contributed by atoms with Crippen molar-refractivity contribution in [1.29, 1.82) is 0 Å². The molecule has 0 saturated carbocycles. The van der Waals surface area contributed by atoms with Gasteiger partial charge in [-0.15, -0.1) is 0 Å². The van der Waals surface area contributed by atoms with Crippen LogP contribution in [0.1, 0.15) is 15.9 Å². The number of benzene rings is 1. The SMILES string of the molecule is O=C(c1ccnnc1)N1CCOC[C@@H](Cc2ccc3[nH]ncc3c2)C1. The van der Waals surface area contributed by atoms with Crippen LogP contribution in [0.25, 0.3) is 10.9 Å². The number of nitrogens with zero attached hydrogens (tertiary/aromatic N) is 4. The Morgan fingerprint density at radius 3 is 3.12 bits per heavy atom. The van der Waals surface area contributed by atoms with Crippen molar-refractivity contribution in [3.05, 3.63) is 54.0 Å². The highest BCUT2D eigenvalue weighted by molar-refractivity contribution is 5.93. The number of hydrogen-bond acceptors (Lipinski definition) is 5. The van der Waals surface area contributed by atoms with Crippen molar-refractivity contribution in [2.24, 2.45) is 5.92 Å². The number of ether oxygens (including phenoxy) is 1. The first-order valence-electron chi connectivity index (χ1n) is 8.35. The molecule has 0 aliphatic carbocycles. The minimum atomic E-state index is -0.0179. The molecule has 1 aliphatic rings. The van der Waals surface area contributed by atoms with E-state index in [-0.39, 0.29) is 11.8 Å². The van der Waals surface area contributed by atoms with Crippen molar-refractivity contribution >= 4 is 16.8 Å². The van der Waals surface area contributed by atoms with Crippen molar-refractivity contribution < 1.29 is 9.53 Å². The fraction of sp³-hybridized carbons (Fsp3) is 0.333. The summed E-state index contributed by atoms with van der Waals surface area (Å²) in [4.78, 5) is 14.5. The van der Waals surface area contributed by atoms with Gasteiger partial charge in [0.2, 0.25) is 0 Å². The van der Waals surface area contributed by atoms with E-state index in [1.54, 1.807) is 12.3 Å². The number of H-pyrrole nitrogens is 1. The summed E-state index contributed by atoms with van der Waals surface area (Å²) in [5, 5.41) is 15.6. The molecule has 2 aromatic heterocycles. The normalized spacial score (nSPS) is 18.2. The van der Waals surface area contributed by atoms with Gasteiger partial charge in [-0.2, -0.15) is 15.3 Å². The molecule has 1 atom stereocenters. The fourth-order valence-corrected chi connectivity index (χ4v) is 3.24. The van der Waals surface area contributed by atoms with E-state index in [9.17, 15) is 4.79 Å². The van der Waals surface area contributed by atoms with Crippen molar-refractivity contribution in [2.45, 2.75) is 6.42 Å². The van der Waals surface area contributed by atoms with Crippen LogP contribution in [0.3, 0.4) is 0 Å². The van der Waals surface area contributed by atoms with E-state index in [0.29, 0.717) is 31.9 Å².